The Morgan fingerprint density at radius 1 is 0.310 bits per heavy atom. The van der Waals surface area contributed by atoms with Crippen molar-refractivity contribution < 1.29 is 0 Å². The largest absolute Gasteiger partial charge is 0.309 e. The molecule has 0 aliphatic carbocycles. The van der Waals surface area contributed by atoms with Gasteiger partial charge >= 0.3 is 0 Å². The fourth-order valence-electron chi connectivity index (χ4n) is 9.12. The first-order chi connectivity index (χ1) is 28.8. The van der Waals surface area contributed by atoms with Crippen LogP contribution in [0.5, 0.6) is 0 Å². The summed E-state index contributed by atoms with van der Waals surface area (Å²) in [4.78, 5) is 10.3. The van der Waals surface area contributed by atoms with Gasteiger partial charge in [-0.1, -0.05) is 152 Å². The summed E-state index contributed by atoms with van der Waals surface area (Å²) in [6.07, 6.45) is 0. The third kappa shape index (κ3) is 4.95. The van der Waals surface area contributed by atoms with Crippen LogP contribution in [-0.4, -0.2) is 19.1 Å². The van der Waals surface area contributed by atoms with Gasteiger partial charge in [0.1, 0.15) is 0 Å². The number of aromatic nitrogens is 4. The van der Waals surface area contributed by atoms with Crippen LogP contribution in [0.25, 0.3) is 110 Å². The van der Waals surface area contributed by atoms with Crippen molar-refractivity contribution in [2.75, 3.05) is 0 Å². The Labute approximate surface area is 334 Å². The molecule has 0 unspecified atom stereocenters. The quantitative estimate of drug-likeness (QED) is 0.176. The van der Waals surface area contributed by atoms with E-state index >= 15 is 0 Å². The Morgan fingerprint density at radius 3 is 1.67 bits per heavy atom. The zero-order chi connectivity index (χ0) is 38.2. The number of para-hydroxylation sites is 2. The van der Waals surface area contributed by atoms with E-state index in [4.69, 9.17) is 9.97 Å². The molecule has 0 spiro atoms. The molecule has 12 rings (SSSR count). The normalized spacial score (nSPS) is 11.8. The maximum absolute atomic E-state index is 5.22. The molecule has 0 N–H and O–H groups in total. The molecule has 0 saturated heterocycles. The maximum atomic E-state index is 5.22. The molecule has 4 nitrogen and oxygen atoms in total. The van der Waals surface area contributed by atoms with Gasteiger partial charge in [0.15, 0.2) is 5.82 Å². The van der Waals surface area contributed by atoms with E-state index in [0.29, 0.717) is 5.82 Å². The Morgan fingerprint density at radius 2 is 0.879 bits per heavy atom. The summed E-state index contributed by atoms with van der Waals surface area (Å²) >= 11 is 0. The minimum atomic E-state index is 0.704. The molecule has 0 aliphatic heterocycles. The third-order valence-electron chi connectivity index (χ3n) is 11.7. The lowest BCUT2D eigenvalue weighted by atomic mass is 10.0. The van der Waals surface area contributed by atoms with Crippen LogP contribution >= 0.6 is 0 Å². The third-order valence-corrected chi connectivity index (χ3v) is 11.7. The number of rotatable bonds is 5. The van der Waals surface area contributed by atoms with Gasteiger partial charge in [0, 0.05) is 49.4 Å². The van der Waals surface area contributed by atoms with Crippen molar-refractivity contribution in [2.45, 2.75) is 0 Å². The summed E-state index contributed by atoms with van der Waals surface area (Å²) in [5, 5.41) is 8.50. The first-order valence-electron chi connectivity index (χ1n) is 19.8. The lowest BCUT2D eigenvalue weighted by Gasteiger charge is -2.12. The molecule has 0 radical (unpaired) electrons. The number of benzene rings is 9. The highest BCUT2D eigenvalue weighted by atomic mass is 15.0. The van der Waals surface area contributed by atoms with Crippen LogP contribution in [0, 0.1) is 0 Å². The highest BCUT2D eigenvalue weighted by Gasteiger charge is 2.22. The van der Waals surface area contributed by atoms with Gasteiger partial charge in [-0.25, -0.2) is 9.97 Å². The Balaban J connectivity index is 1.11. The zero-order valence-electron chi connectivity index (χ0n) is 31.4. The highest BCUT2D eigenvalue weighted by molar-refractivity contribution is 6.33. The lowest BCUT2D eigenvalue weighted by molar-refractivity contribution is 1.17. The molecule has 0 amide bonds. The van der Waals surface area contributed by atoms with Crippen LogP contribution in [0.1, 0.15) is 0 Å². The van der Waals surface area contributed by atoms with Gasteiger partial charge in [-0.3, -0.25) is 0 Å². The lowest BCUT2D eigenvalue weighted by Crippen LogP contribution is -1.98. The number of hydrogen-bond donors (Lipinski definition) is 0. The maximum Gasteiger partial charge on any atom is 0.160 e. The molecule has 3 heterocycles. The van der Waals surface area contributed by atoms with E-state index in [0.717, 1.165) is 50.1 Å². The molecular formula is C54H34N4. The first kappa shape index (κ1) is 32.4. The summed E-state index contributed by atoms with van der Waals surface area (Å²) in [5.41, 5.74) is 13.2. The van der Waals surface area contributed by atoms with E-state index in [1.165, 1.54) is 54.5 Å². The summed E-state index contributed by atoms with van der Waals surface area (Å²) in [7, 11) is 0. The van der Waals surface area contributed by atoms with E-state index in [-0.39, 0.29) is 0 Å². The fraction of sp³-hybridized carbons (Fsp3) is 0. The molecule has 0 fully saturated rings. The van der Waals surface area contributed by atoms with Crippen LogP contribution in [0.3, 0.4) is 0 Å². The Kier molecular flexibility index (Phi) is 7.20. The second-order valence-corrected chi connectivity index (χ2v) is 15.0. The summed E-state index contributed by atoms with van der Waals surface area (Å²) in [6, 6.07) is 73.7. The summed E-state index contributed by atoms with van der Waals surface area (Å²) < 4.78 is 4.86. The minimum absolute atomic E-state index is 0.704. The number of fused-ring (bicyclic) bond motifs is 10. The van der Waals surface area contributed by atoms with E-state index in [1.807, 2.05) is 12.1 Å². The van der Waals surface area contributed by atoms with E-state index in [9.17, 15) is 0 Å². The summed E-state index contributed by atoms with van der Waals surface area (Å²) in [5.74, 6) is 0.704. The van der Waals surface area contributed by atoms with Gasteiger partial charge in [0.05, 0.1) is 33.3 Å². The predicted octanol–water partition coefficient (Wildman–Crippen LogP) is 14.0. The van der Waals surface area contributed by atoms with Gasteiger partial charge in [0.2, 0.25) is 0 Å². The highest BCUT2D eigenvalue weighted by Crippen LogP contribution is 2.45. The average Bonchev–Trinajstić information content (AvgIpc) is 3.82. The first-order valence-corrected chi connectivity index (χ1v) is 19.8. The molecular weight excluding hydrogens is 705 g/mol. The van der Waals surface area contributed by atoms with Gasteiger partial charge in [-0.05, 0) is 76.5 Å². The van der Waals surface area contributed by atoms with Crippen molar-refractivity contribution in [1.82, 2.24) is 19.1 Å². The molecule has 12 aromatic rings. The molecule has 3 aromatic heterocycles. The molecule has 9 aromatic carbocycles. The van der Waals surface area contributed by atoms with Gasteiger partial charge in [-0.2, -0.15) is 0 Å². The minimum Gasteiger partial charge on any atom is -0.309 e. The second-order valence-electron chi connectivity index (χ2n) is 15.0. The smallest absolute Gasteiger partial charge is 0.160 e. The fourth-order valence-corrected chi connectivity index (χ4v) is 9.12. The van der Waals surface area contributed by atoms with Crippen molar-refractivity contribution in [3.63, 3.8) is 0 Å². The monoisotopic (exact) mass is 738 g/mol. The van der Waals surface area contributed by atoms with Crippen LogP contribution in [0.15, 0.2) is 206 Å². The molecule has 0 saturated carbocycles. The Bertz CT molecular complexity index is 3540. The van der Waals surface area contributed by atoms with Crippen molar-refractivity contribution in [3.05, 3.63) is 206 Å². The van der Waals surface area contributed by atoms with E-state index in [2.05, 4.69) is 203 Å². The van der Waals surface area contributed by atoms with Crippen LogP contribution < -0.4 is 0 Å². The molecule has 0 bridgehead atoms. The van der Waals surface area contributed by atoms with Crippen LogP contribution in [0.2, 0.25) is 0 Å². The van der Waals surface area contributed by atoms with Crippen molar-refractivity contribution in [3.8, 4) is 45.1 Å². The molecule has 270 valence electrons. The molecule has 0 aliphatic rings. The van der Waals surface area contributed by atoms with Crippen molar-refractivity contribution >= 4 is 65.3 Å². The zero-order valence-corrected chi connectivity index (χ0v) is 31.4. The van der Waals surface area contributed by atoms with Crippen LogP contribution in [-0.2, 0) is 0 Å². The molecule has 4 heteroatoms. The summed E-state index contributed by atoms with van der Waals surface area (Å²) in [6.45, 7) is 0. The number of nitrogens with zero attached hydrogens (tertiary/aromatic N) is 4. The Hall–Kier alpha value is -7.82. The van der Waals surface area contributed by atoms with Crippen molar-refractivity contribution in [2.24, 2.45) is 0 Å². The second kappa shape index (κ2) is 12.9. The standard InChI is InChI=1S/C54H34N4/c1-3-14-35(15-4-1)36-26-29-40(30-27-36)57-47-31-28-37-16-7-8-21-42(37)50(47)52-49(57)33-32-48-51(52)44-23-10-12-25-46(44)58(48)41-20-13-19-39(34-41)54-55-45-24-11-9-22-43(45)53(56-54)38-17-5-2-6-18-38/h1-34H. The number of hydrogen-bond acceptors (Lipinski definition) is 2. The van der Waals surface area contributed by atoms with Crippen molar-refractivity contribution in [1.29, 1.82) is 0 Å². The molecule has 0 atom stereocenters. The van der Waals surface area contributed by atoms with Crippen LogP contribution in [0.4, 0.5) is 0 Å². The molecule has 58 heavy (non-hydrogen) atoms. The predicted molar refractivity (Wildman–Crippen MR) is 242 cm³/mol. The van der Waals surface area contributed by atoms with Gasteiger partial charge < -0.3 is 9.13 Å². The van der Waals surface area contributed by atoms with E-state index < -0.39 is 0 Å². The van der Waals surface area contributed by atoms with Gasteiger partial charge in [-0.15, -0.1) is 0 Å². The SMILES string of the molecule is c1ccc(-c2ccc(-n3c4ccc5ccccc5c4c4c5c6ccccc6n(-c6cccc(-c7nc(-c8ccccc8)c8ccccc8n7)c6)c5ccc43)cc2)cc1. The topological polar surface area (TPSA) is 35.6 Å². The van der Waals surface area contributed by atoms with Gasteiger partial charge in [0.25, 0.3) is 0 Å². The average molecular weight is 739 g/mol. The van der Waals surface area contributed by atoms with E-state index in [1.54, 1.807) is 0 Å².